The molecule has 1 amide bonds. The van der Waals surface area contributed by atoms with E-state index < -0.39 is 0 Å². The molecule has 0 fully saturated rings. The molecule has 2 aromatic heterocycles. The van der Waals surface area contributed by atoms with Crippen LogP contribution in [0.15, 0.2) is 77.4 Å². The van der Waals surface area contributed by atoms with Crippen molar-refractivity contribution in [1.29, 1.82) is 0 Å². The molecule has 0 aliphatic heterocycles. The highest BCUT2D eigenvalue weighted by Gasteiger charge is 2.12. The van der Waals surface area contributed by atoms with Gasteiger partial charge in [0.05, 0.1) is 6.26 Å². The molecule has 0 radical (unpaired) electrons. The van der Waals surface area contributed by atoms with Crippen molar-refractivity contribution in [2.75, 3.05) is 0 Å². The topological polar surface area (TPSA) is 80.1 Å². The number of halogens is 1. The monoisotopic (exact) mass is 377 g/mol. The third-order valence-corrected chi connectivity index (χ3v) is 4.00. The Morgan fingerprint density at radius 3 is 2.71 bits per heavy atom. The van der Waals surface area contributed by atoms with Crippen molar-refractivity contribution in [2.24, 2.45) is 0 Å². The van der Waals surface area contributed by atoms with Crippen LogP contribution in [0.25, 0.3) is 11.5 Å². The zero-order valence-electron chi connectivity index (χ0n) is 14.7. The molecule has 7 heteroatoms. The lowest BCUT2D eigenvalue weighted by Gasteiger charge is -2.08. The molecular weight excluding hydrogens is 361 g/mol. The second kappa shape index (κ2) is 7.79. The minimum atomic E-state index is -0.322. The van der Waals surface area contributed by atoms with Gasteiger partial charge >= 0.3 is 0 Å². The zero-order chi connectivity index (χ0) is 19.3. The van der Waals surface area contributed by atoms with Crippen LogP contribution < -0.4 is 10.1 Å². The van der Waals surface area contributed by atoms with Gasteiger partial charge in [-0.3, -0.25) is 9.89 Å². The quantitative estimate of drug-likeness (QED) is 0.517. The highest BCUT2D eigenvalue weighted by molar-refractivity contribution is 5.93. The van der Waals surface area contributed by atoms with E-state index in [4.69, 9.17) is 9.15 Å². The normalized spacial score (nSPS) is 10.6. The number of H-pyrrole nitrogens is 1. The van der Waals surface area contributed by atoms with Gasteiger partial charge in [-0.1, -0.05) is 12.1 Å². The van der Waals surface area contributed by atoms with Gasteiger partial charge in [-0.05, 0) is 54.1 Å². The van der Waals surface area contributed by atoms with E-state index in [0.717, 1.165) is 5.56 Å². The maximum absolute atomic E-state index is 13.0. The molecule has 4 rings (SSSR count). The van der Waals surface area contributed by atoms with Crippen molar-refractivity contribution in [3.63, 3.8) is 0 Å². The number of rotatable bonds is 6. The fourth-order valence-electron chi connectivity index (χ4n) is 2.63. The van der Waals surface area contributed by atoms with E-state index in [-0.39, 0.29) is 17.4 Å². The van der Waals surface area contributed by atoms with Gasteiger partial charge in [0, 0.05) is 12.6 Å². The van der Waals surface area contributed by atoms with Crippen molar-refractivity contribution in [1.82, 2.24) is 15.5 Å². The summed E-state index contributed by atoms with van der Waals surface area (Å²) in [6, 6.07) is 18.2. The molecule has 0 saturated heterocycles. The number of aromatic nitrogens is 2. The Hall–Kier alpha value is -3.87. The Morgan fingerprint density at radius 2 is 1.93 bits per heavy atom. The van der Waals surface area contributed by atoms with Crippen LogP contribution in [-0.2, 0) is 6.54 Å². The summed E-state index contributed by atoms with van der Waals surface area (Å²) in [6.07, 6.45) is 1.55. The third-order valence-electron chi connectivity index (χ3n) is 4.00. The highest BCUT2D eigenvalue weighted by atomic mass is 19.1. The SMILES string of the molecule is O=C(NCc1cccc(Oc2ccc(F)cc2)c1)c1cc(-c2ccco2)[nH]n1. The molecular formula is C21H16FN3O3. The van der Waals surface area contributed by atoms with E-state index in [1.165, 1.54) is 12.1 Å². The predicted molar refractivity (Wildman–Crippen MR) is 100 cm³/mol. The number of nitrogens with one attached hydrogen (secondary N) is 2. The Bertz CT molecular complexity index is 1070. The van der Waals surface area contributed by atoms with E-state index in [1.54, 1.807) is 42.7 Å². The maximum atomic E-state index is 13.0. The zero-order valence-corrected chi connectivity index (χ0v) is 14.7. The summed E-state index contributed by atoms with van der Waals surface area (Å²) in [5, 5.41) is 9.60. The molecule has 0 aliphatic rings. The molecule has 4 aromatic rings. The van der Waals surface area contributed by atoms with E-state index in [9.17, 15) is 9.18 Å². The largest absolute Gasteiger partial charge is 0.463 e. The summed E-state index contributed by atoms with van der Waals surface area (Å²) in [6.45, 7) is 0.308. The average molecular weight is 377 g/mol. The molecule has 2 aromatic carbocycles. The standard InChI is InChI=1S/C21H16FN3O3/c22-15-6-8-16(9-7-15)28-17-4-1-3-14(11-17)13-23-21(26)19-12-18(24-25-19)20-5-2-10-27-20/h1-12H,13H2,(H,23,26)(H,24,25). The lowest BCUT2D eigenvalue weighted by Crippen LogP contribution is -2.23. The molecule has 6 nitrogen and oxygen atoms in total. The molecule has 0 unspecified atom stereocenters. The average Bonchev–Trinajstić information content (AvgIpc) is 3.40. The Labute approximate surface area is 160 Å². The lowest BCUT2D eigenvalue weighted by molar-refractivity contribution is 0.0946. The van der Waals surface area contributed by atoms with Gasteiger partial charge in [0.15, 0.2) is 11.5 Å². The van der Waals surface area contributed by atoms with Crippen molar-refractivity contribution in [3.8, 4) is 23.0 Å². The molecule has 140 valence electrons. The van der Waals surface area contributed by atoms with E-state index >= 15 is 0 Å². The molecule has 0 saturated carbocycles. The van der Waals surface area contributed by atoms with Gasteiger partial charge in [-0.15, -0.1) is 0 Å². The van der Waals surface area contributed by atoms with Crippen LogP contribution in [0.3, 0.4) is 0 Å². The first kappa shape index (κ1) is 17.5. The number of amides is 1. The summed E-state index contributed by atoms with van der Waals surface area (Å²) < 4.78 is 24.0. The Balaban J connectivity index is 1.38. The first-order chi connectivity index (χ1) is 13.7. The van der Waals surface area contributed by atoms with Crippen LogP contribution in [0.1, 0.15) is 16.1 Å². The molecule has 0 atom stereocenters. The van der Waals surface area contributed by atoms with Gasteiger partial charge in [0.2, 0.25) is 0 Å². The van der Waals surface area contributed by atoms with Crippen LogP contribution in [0, 0.1) is 5.82 Å². The van der Waals surface area contributed by atoms with Crippen molar-refractivity contribution < 1.29 is 18.3 Å². The first-order valence-corrected chi connectivity index (χ1v) is 8.57. The fourth-order valence-corrected chi connectivity index (χ4v) is 2.63. The number of nitrogens with zero attached hydrogens (tertiary/aromatic N) is 1. The minimum Gasteiger partial charge on any atom is -0.463 e. The number of hydrogen-bond donors (Lipinski definition) is 2. The van der Waals surface area contributed by atoms with E-state index in [2.05, 4.69) is 15.5 Å². The van der Waals surface area contributed by atoms with Crippen LogP contribution in [-0.4, -0.2) is 16.1 Å². The van der Waals surface area contributed by atoms with E-state index in [0.29, 0.717) is 29.5 Å². The number of hydrogen-bond acceptors (Lipinski definition) is 4. The minimum absolute atomic E-state index is 0.269. The second-order valence-electron chi connectivity index (χ2n) is 6.03. The van der Waals surface area contributed by atoms with Crippen molar-refractivity contribution >= 4 is 5.91 Å². The Morgan fingerprint density at radius 1 is 1.07 bits per heavy atom. The number of furan rings is 1. The van der Waals surface area contributed by atoms with Gasteiger partial charge in [-0.25, -0.2) is 4.39 Å². The van der Waals surface area contributed by atoms with Crippen molar-refractivity contribution in [3.05, 3.63) is 90.1 Å². The number of benzene rings is 2. The maximum Gasteiger partial charge on any atom is 0.272 e. The van der Waals surface area contributed by atoms with E-state index in [1.807, 2.05) is 18.2 Å². The summed E-state index contributed by atoms with van der Waals surface area (Å²) in [4.78, 5) is 12.3. The van der Waals surface area contributed by atoms with Gasteiger partial charge in [0.1, 0.15) is 23.0 Å². The molecule has 2 N–H and O–H groups in total. The molecule has 2 heterocycles. The smallest absolute Gasteiger partial charge is 0.272 e. The van der Waals surface area contributed by atoms with Crippen LogP contribution in [0.4, 0.5) is 4.39 Å². The third kappa shape index (κ3) is 4.09. The van der Waals surface area contributed by atoms with Gasteiger partial charge in [-0.2, -0.15) is 5.10 Å². The summed E-state index contributed by atoms with van der Waals surface area (Å²) in [5.74, 6) is 1.11. The Kier molecular flexibility index (Phi) is 4.88. The molecule has 0 aliphatic carbocycles. The highest BCUT2D eigenvalue weighted by Crippen LogP contribution is 2.22. The number of ether oxygens (including phenoxy) is 1. The molecule has 28 heavy (non-hydrogen) atoms. The van der Waals surface area contributed by atoms with Gasteiger partial charge < -0.3 is 14.5 Å². The fraction of sp³-hybridized carbons (Fsp3) is 0.0476. The first-order valence-electron chi connectivity index (χ1n) is 8.57. The summed E-state index contributed by atoms with van der Waals surface area (Å²) in [7, 11) is 0. The lowest BCUT2D eigenvalue weighted by atomic mass is 10.2. The second-order valence-corrected chi connectivity index (χ2v) is 6.03. The molecule has 0 bridgehead atoms. The predicted octanol–water partition coefficient (Wildman–Crippen LogP) is 4.53. The summed E-state index contributed by atoms with van der Waals surface area (Å²) in [5.41, 5.74) is 1.75. The summed E-state index contributed by atoms with van der Waals surface area (Å²) >= 11 is 0. The number of aromatic amines is 1. The van der Waals surface area contributed by atoms with Crippen LogP contribution >= 0.6 is 0 Å². The van der Waals surface area contributed by atoms with Crippen LogP contribution in [0.5, 0.6) is 11.5 Å². The van der Waals surface area contributed by atoms with Gasteiger partial charge in [0.25, 0.3) is 5.91 Å². The number of carbonyl (C=O) groups excluding carboxylic acids is 1. The molecule has 0 spiro atoms. The number of carbonyl (C=O) groups is 1. The van der Waals surface area contributed by atoms with Crippen LogP contribution in [0.2, 0.25) is 0 Å². The van der Waals surface area contributed by atoms with Crippen molar-refractivity contribution in [2.45, 2.75) is 6.54 Å².